The zero-order valence-corrected chi connectivity index (χ0v) is 11.7. The molecule has 0 aliphatic rings. The maximum Gasteiger partial charge on any atom is 0.330 e. The molecule has 0 aromatic rings. The number of hydrogen-bond donors (Lipinski definition) is 3. The van der Waals surface area contributed by atoms with Crippen LogP contribution in [0.4, 0.5) is 0 Å². The molecule has 0 amide bonds. The van der Waals surface area contributed by atoms with Gasteiger partial charge in [-0.25, -0.2) is 4.79 Å². The molecule has 0 atom stereocenters. The second-order valence-electron chi connectivity index (χ2n) is 3.53. The van der Waals surface area contributed by atoms with E-state index in [-0.39, 0.29) is 18.4 Å². The van der Waals surface area contributed by atoms with Crippen LogP contribution in [-0.2, 0) is 14.4 Å². The van der Waals surface area contributed by atoms with Gasteiger partial charge >= 0.3 is 17.9 Å². The lowest BCUT2D eigenvalue weighted by Gasteiger charge is -1.85. The normalized spacial score (nSPS) is 7.85. The van der Waals surface area contributed by atoms with Gasteiger partial charge in [-0.05, 0) is 19.8 Å². The Hall–Kier alpha value is -2.37. The Morgan fingerprint density at radius 1 is 0.900 bits per heavy atom. The molecule has 0 aromatic heterocycles. The highest BCUT2D eigenvalue weighted by Crippen LogP contribution is 1.86. The summed E-state index contributed by atoms with van der Waals surface area (Å²) in [6.07, 6.45) is 5.31. The van der Waals surface area contributed by atoms with Crippen molar-refractivity contribution in [1.82, 2.24) is 0 Å². The lowest BCUT2D eigenvalue weighted by atomic mass is 10.3. The number of carbonyl (C=O) groups is 3. The van der Waals surface area contributed by atoms with Crippen LogP contribution in [0.3, 0.4) is 0 Å². The summed E-state index contributed by atoms with van der Waals surface area (Å²) in [6, 6.07) is 0. The van der Waals surface area contributed by atoms with Crippen molar-refractivity contribution in [3.8, 4) is 0 Å². The molecule has 20 heavy (non-hydrogen) atoms. The van der Waals surface area contributed by atoms with Crippen molar-refractivity contribution in [2.45, 2.75) is 32.6 Å². The monoisotopic (exact) mass is 286 g/mol. The molecule has 0 spiro atoms. The summed E-state index contributed by atoms with van der Waals surface area (Å²) in [6.45, 7) is 11.7. The minimum absolute atomic E-state index is 0.176. The summed E-state index contributed by atoms with van der Waals surface area (Å²) in [5.74, 6) is -3.09. The van der Waals surface area contributed by atoms with Gasteiger partial charge in [0.05, 0.1) is 12.8 Å². The summed E-state index contributed by atoms with van der Waals surface area (Å²) in [7, 11) is 0. The van der Waals surface area contributed by atoms with E-state index in [1.807, 2.05) is 12.2 Å². The third-order valence-electron chi connectivity index (χ3n) is 1.49. The molecule has 6 nitrogen and oxygen atoms in total. The minimum Gasteiger partial charge on any atom is -0.481 e. The van der Waals surface area contributed by atoms with Gasteiger partial charge in [0.1, 0.15) is 0 Å². The highest BCUT2D eigenvalue weighted by atomic mass is 16.4. The number of unbranched alkanes of at least 4 members (excludes halogenated alkanes) is 1. The molecule has 0 fully saturated rings. The Morgan fingerprint density at radius 3 is 1.25 bits per heavy atom. The van der Waals surface area contributed by atoms with Crippen molar-refractivity contribution in [2.24, 2.45) is 0 Å². The first-order valence-corrected chi connectivity index (χ1v) is 5.73. The Bertz CT molecular complexity index is 310. The van der Waals surface area contributed by atoms with Crippen LogP contribution in [0.15, 0.2) is 37.5 Å². The van der Waals surface area contributed by atoms with E-state index in [9.17, 15) is 14.4 Å². The maximum absolute atomic E-state index is 9.64. The average Bonchev–Trinajstić information content (AvgIpc) is 2.35. The Morgan fingerprint density at radius 2 is 1.15 bits per heavy atom. The van der Waals surface area contributed by atoms with Crippen LogP contribution in [0.25, 0.3) is 0 Å². The summed E-state index contributed by atoms with van der Waals surface area (Å²) in [4.78, 5) is 28.9. The van der Waals surface area contributed by atoms with Gasteiger partial charge < -0.3 is 15.3 Å². The van der Waals surface area contributed by atoms with Crippen molar-refractivity contribution in [2.75, 3.05) is 0 Å². The van der Waals surface area contributed by atoms with E-state index >= 15 is 0 Å². The number of allylic oxidation sites excluding steroid dienone is 2. The van der Waals surface area contributed by atoms with E-state index in [1.165, 1.54) is 6.92 Å². The molecule has 0 saturated carbocycles. The van der Waals surface area contributed by atoms with Crippen molar-refractivity contribution in [3.05, 3.63) is 37.5 Å². The molecule has 0 rings (SSSR count). The highest BCUT2D eigenvalue weighted by Gasteiger charge is 2.00. The quantitative estimate of drug-likeness (QED) is 0.377. The molecule has 0 aliphatic carbocycles. The highest BCUT2D eigenvalue weighted by molar-refractivity contribution is 5.84. The molecule has 3 N–H and O–H groups in total. The minimum atomic E-state index is -1.08. The first kappa shape index (κ1) is 22.8. The molecule has 0 radical (unpaired) electrons. The molecule has 0 aliphatic heterocycles. The largest absolute Gasteiger partial charge is 0.481 e. The topological polar surface area (TPSA) is 112 Å². The molecule has 6 heteroatoms. The molecule has 0 saturated heterocycles. The van der Waals surface area contributed by atoms with Crippen molar-refractivity contribution in [1.29, 1.82) is 0 Å². The molecule has 0 unspecified atom stereocenters. The molecule has 0 bridgehead atoms. The van der Waals surface area contributed by atoms with E-state index in [0.717, 1.165) is 12.8 Å². The zero-order chi connectivity index (χ0) is 16.6. The van der Waals surface area contributed by atoms with E-state index in [4.69, 9.17) is 15.3 Å². The SMILES string of the molecule is C=C(C)C(=O)O.C=CCCC=C.O=C(O)CCC(=O)O. The summed E-state index contributed by atoms with van der Waals surface area (Å²) >= 11 is 0. The van der Waals surface area contributed by atoms with Gasteiger partial charge in [-0.15, -0.1) is 13.2 Å². The Balaban J connectivity index is -0.000000221. The van der Waals surface area contributed by atoms with Gasteiger partial charge in [0.15, 0.2) is 0 Å². The third kappa shape index (κ3) is 36.1. The number of hydrogen-bond acceptors (Lipinski definition) is 3. The summed E-state index contributed by atoms with van der Waals surface area (Å²) in [5, 5.41) is 23.7. The summed E-state index contributed by atoms with van der Waals surface area (Å²) in [5.41, 5.74) is 0.176. The second-order valence-corrected chi connectivity index (χ2v) is 3.53. The summed E-state index contributed by atoms with van der Waals surface area (Å²) < 4.78 is 0. The van der Waals surface area contributed by atoms with Gasteiger partial charge in [-0.3, -0.25) is 9.59 Å². The predicted octanol–water partition coefficient (Wildman–Crippen LogP) is 2.72. The third-order valence-corrected chi connectivity index (χ3v) is 1.49. The van der Waals surface area contributed by atoms with Crippen molar-refractivity contribution < 1.29 is 29.7 Å². The first-order chi connectivity index (χ1) is 9.18. The zero-order valence-electron chi connectivity index (χ0n) is 11.7. The standard InChI is InChI=1S/C6H10.C4H6O4.C4H6O2/c1-3-5-6-4-2;5-3(6)1-2-4(7)8;1-3(2)4(5)6/h3-4H,1-2,5-6H2;1-2H2,(H,5,6)(H,7,8);1H2,2H3,(H,5,6). The fourth-order valence-corrected chi connectivity index (χ4v) is 0.450. The average molecular weight is 286 g/mol. The lowest BCUT2D eigenvalue weighted by molar-refractivity contribution is -0.143. The molecule has 0 heterocycles. The van der Waals surface area contributed by atoms with Crippen molar-refractivity contribution >= 4 is 17.9 Å². The number of aliphatic carboxylic acids is 3. The predicted molar refractivity (Wildman–Crippen MR) is 76.6 cm³/mol. The Kier molecular flexibility index (Phi) is 18.9. The van der Waals surface area contributed by atoms with Crippen LogP contribution in [-0.4, -0.2) is 33.2 Å². The van der Waals surface area contributed by atoms with Gasteiger partial charge in [-0.1, -0.05) is 18.7 Å². The van der Waals surface area contributed by atoms with Gasteiger partial charge in [-0.2, -0.15) is 0 Å². The van der Waals surface area contributed by atoms with Crippen molar-refractivity contribution in [3.63, 3.8) is 0 Å². The van der Waals surface area contributed by atoms with Crippen LogP contribution in [0.1, 0.15) is 32.6 Å². The number of carboxylic acids is 3. The fraction of sp³-hybridized carbons (Fsp3) is 0.357. The van der Waals surface area contributed by atoms with Crippen LogP contribution in [0.5, 0.6) is 0 Å². The number of carboxylic acid groups (broad SMARTS) is 3. The first-order valence-electron chi connectivity index (χ1n) is 5.73. The van der Waals surface area contributed by atoms with Crippen LogP contribution in [0, 0.1) is 0 Å². The van der Waals surface area contributed by atoms with Gasteiger partial charge in [0.2, 0.25) is 0 Å². The molecular weight excluding hydrogens is 264 g/mol. The smallest absolute Gasteiger partial charge is 0.330 e. The maximum atomic E-state index is 9.64. The van der Waals surface area contributed by atoms with E-state index in [1.54, 1.807) is 0 Å². The fourth-order valence-electron chi connectivity index (χ4n) is 0.450. The molecule has 0 aromatic carbocycles. The van der Waals surface area contributed by atoms with E-state index < -0.39 is 17.9 Å². The van der Waals surface area contributed by atoms with Crippen LogP contribution < -0.4 is 0 Å². The van der Waals surface area contributed by atoms with Crippen LogP contribution >= 0.6 is 0 Å². The van der Waals surface area contributed by atoms with Crippen LogP contribution in [0.2, 0.25) is 0 Å². The van der Waals surface area contributed by atoms with Gasteiger partial charge in [0, 0.05) is 5.57 Å². The Labute approximate surface area is 118 Å². The lowest BCUT2D eigenvalue weighted by Crippen LogP contribution is -2.00. The van der Waals surface area contributed by atoms with E-state index in [0.29, 0.717) is 0 Å². The second kappa shape index (κ2) is 16.6. The van der Waals surface area contributed by atoms with Gasteiger partial charge in [0.25, 0.3) is 0 Å². The number of rotatable bonds is 7. The molecular formula is C14H22O6. The molecule has 114 valence electrons. The van der Waals surface area contributed by atoms with E-state index in [2.05, 4.69) is 19.7 Å².